The summed E-state index contributed by atoms with van der Waals surface area (Å²) in [5.74, 6) is -1.22. The van der Waals surface area contributed by atoms with Crippen molar-refractivity contribution in [3.8, 4) is 5.75 Å². The molecule has 3 nitrogen and oxygen atoms in total. The maximum Gasteiger partial charge on any atom is 0.471 e. The van der Waals surface area contributed by atoms with Gasteiger partial charge in [0, 0.05) is 16.2 Å². The zero-order valence-corrected chi connectivity index (χ0v) is 14.4. The molecule has 0 N–H and O–H groups in total. The summed E-state index contributed by atoms with van der Waals surface area (Å²) >= 11 is 2.10. The van der Waals surface area contributed by atoms with Gasteiger partial charge < -0.3 is 9.64 Å². The van der Waals surface area contributed by atoms with Crippen molar-refractivity contribution in [1.29, 1.82) is 0 Å². The van der Waals surface area contributed by atoms with Crippen molar-refractivity contribution in [1.82, 2.24) is 4.90 Å². The molecule has 1 rings (SSSR count). The number of methoxy groups -OCH3 is 1. The van der Waals surface area contributed by atoms with E-state index in [-0.39, 0.29) is 6.54 Å². The predicted octanol–water partition coefficient (Wildman–Crippen LogP) is 3.81. The minimum absolute atomic E-state index is 0.153. The van der Waals surface area contributed by atoms with E-state index in [1.807, 2.05) is 6.07 Å². The number of carbonyl (C=O) groups excluding carboxylic acids is 1. The molecule has 122 valence electrons. The molecule has 0 radical (unpaired) electrons. The molecule has 0 saturated carbocycles. The zero-order chi connectivity index (χ0) is 16.9. The van der Waals surface area contributed by atoms with Crippen LogP contribution in [0.5, 0.6) is 5.75 Å². The smallest absolute Gasteiger partial charge is 0.471 e. The highest BCUT2D eigenvalue weighted by molar-refractivity contribution is 14.1. The molecule has 0 aliphatic carbocycles. The van der Waals surface area contributed by atoms with Crippen LogP contribution >= 0.6 is 22.6 Å². The van der Waals surface area contributed by atoms with Gasteiger partial charge in [0.25, 0.3) is 0 Å². The van der Waals surface area contributed by atoms with Gasteiger partial charge in [-0.15, -0.1) is 6.58 Å². The van der Waals surface area contributed by atoms with Gasteiger partial charge in [-0.2, -0.15) is 13.2 Å². The largest absolute Gasteiger partial charge is 0.497 e. The Kier molecular flexibility index (Phi) is 6.70. The highest BCUT2D eigenvalue weighted by Crippen LogP contribution is 2.24. The Hall–Kier alpha value is -1.25. The third-order valence-electron chi connectivity index (χ3n) is 3.13. The summed E-state index contributed by atoms with van der Waals surface area (Å²) in [6.45, 7) is 4.85. The van der Waals surface area contributed by atoms with Crippen LogP contribution in [0.2, 0.25) is 0 Å². The molecule has 1 atom stereocenters. The Morgan fingerprint density at radius 3 is 2.64 bits per heavy atom. The fraction of sp³-hybridized carbons (Fsp3) is 0.400. The second-order valence-corrected chi connectivity index (χ2v) is 5.92. The maximum atomic E-state index is 12.7. The van der Waals surface area contributed by atoms with Crippen molar-refractivity contribution in [3.05, 3.63) is 40.0 Å². The molecule has 0 aliphatic rings. The molecule has 0 fully saturated rings. The van der Waals surface area contributed by atoms with Crippen molar-refractivity contribution in [2.75, 3.05) is 13.7 Å². The molecule has 1 amide bonds. The summed E-state index contributed by atoms with van der Waals surface area (Å²) in [5.41, 5.74) is 0.830. The number of alkyl halides is 3. The molecule has 0 heterocycles. The molecule has 1 unspecified atom stereocenters. The molecule has 7 heteroatoms. The molecule has 1 aromatic carbocycles. The van der Waals surface area contributed by atoms with Crippen LogP contribution < -0.4 is 4.74 Å². The summed E-state index contributed by atoms with van der Waals surface area (Å²) in [5, 5.41) is 0. The van der Waals surface area contributed by atoms with Crippen LogP contribution in [0, 0.1) is 3.57 Å². The average Bonchev–Trinajstić information content (AvgIpc) is 2.45. The van der Waals surface area contributed by atoms with Gasteiger partial charge in [-0.3, -0.25) is 4.79 Å². The van der Waals surface area contributed by atoms with Gasteiger partial charge in [0.1, 0.15) is 5.75 Å². The van der Waals surface area contributed by atoms with E-state index in [9.17, 15) is 18.0 Å². The van der Waals surface area contributed by atoms with Crippen LogP contribution in [0.4, 0.5) is 13.2 Å². The standard InChI is InChI=1S/C15H17F3INO2/c1-4-7-20(14(21)15(16,17)18)10(2)8-11-9-12(22-3)5-6-13(11)19/h4-6,9-10H,1,7-8H2,2-3H3. The Morgan fingerprint density at radius 1 is 1.50 bits per heavy atom. The number of nitrogens with zero attached hydrogens (tertiary/aromatic N) is 1. The quantitative estimate of drug-likeness (QED) is 0.511. The first-order valence-electron chi connectivity index (χ1n) is 6.51. The fourth-order valence-electron chi connectivity index (χ4n) is 2.03. The van der Waals surface area contributed by atoms with Gasteiger partial charge in [0.2, 0.25) is 0 Å². The SMILES string of the molecule is C=CCN(C(=O)C(F)(F)F)C(C)Cc1cc(OC)ccc1I. The minimum Gasteiger partial charge on any atom is -0.497 e. The fourth-order valence-corrected chi connectivity index (χ4v) is 2.58. The van der Waals surface area contributed by atoms with E-state index >= 15 is 0 Å². The van der Waals surface area contributed by atoms with E-state index in [4.69, 9.17) is 4.74 Å². The lowest BCUT2D eigenvalue weighted by Gasteiger charge is -2.29. The number of carbonyl (C=O) groups is 1. The van der Waals surface area contributed by atoms with Crippen LogP contribution in [0.15, 0.2) is 30.9 Å². The number of hydrogen-bond acceptors (Lipinski definition) is 2. The van der Waals surface area contributed by atoms with Crippen molar-refractivity contribution in [2.24, 2.45) is 0 Å². The lowest BCUT2D eigenvalue weighted by molar-refractivity contribution is -0.186. The minimum atomic E-state index is -4.89. The second kappa shape index (κ2) is 7.85. The van der Waals surface area contributed by atoms with Crippen LogP contribution in [0.3, 0.4) is 0 Å². The Labute approximate surface area is 141 Å². The topological polar surface area (TPSA) is 29.5 Å². The first-order valence-corrected chi connectivity index (χ1v) is 7.59. The molecule has 0 bridgehead atoms. The van der Waals surface area contributed by atoms with E-state index in [0.29, 0.717) is 12.2 Å². The van der Waals surface area contributed by atoms with E-state index in [1.54, 1.807) is 19.1 Å². The molecule has 0 aliphatic heterocycles. The Morgan fingerprint density at radius 2 is 2.14 bits per heavy atom. The summed E-state index contributed by atoms with van der Waals surface area (Å²) in [7, 11) is 1.52. The molecule has 1 aromatic rings. The Balaban J connectivity index is 2.99. The predicted molar refractivity (Wildman–Crippen MR) is 86.8 cm³/mol. The molecule has 0 spiro atoms. The lowest BCUT2D eigenvalue weighted by atomic mass is 10.1. The van der Waals surface area contributed by atoms with E-state index in [2.05, 4.69) is 29.2 Å². The van der Waals surface area contributed by atoms with Crippen molar-refractivity contribution < 1.29 is 22.7 Å². The molecular formula is C15H17F3INO2. The summed E-state index contributed by atoms with van der Waals surface area (Å²) in [6, 6.07) is 4.75. The van der Waals surface area contributed by atoms with E-state index < -0.39 is 18.1 Å². The first kappa shape index (κ1) is 18.8. The average molecular weight is 427 g/mol. The van der Waals surface area contributed by atoms with Crippen molar-refractivity contribution >= 4 is 28.5 Å². The molecule has 0 aromatic heterocycles. The number of rotatable bonds is 6. The van der Waals surface area contributed by atoms with Crippen LogP contribution in [0.1, 0.15) is 12.5 Å². The van der Waals surface area contributed by atoms with Crippen molar-refractivity contribution in [3.63, 3.8) is 0 Å². The Bertz CT molecular complexity index is 546. The molecular weight excluding hydrogens is 410 g/mol. The highest BCUT2D eigenvalue weighted by atomic mass is 127. The van der Waals surface area contributed by atoms with E-state index in [0.717, 1.165) is 14.0 Å². The van der Waals surface area contributed by atoms with Gasteiger partial charge in [-0.25, -0.2) is 0 Å². The van der Waals surface area contributed by atoms with Crippen molar-refractivity contribution in [2.45, 2.75) is 25.6 Å². The normalized spacial score (nSPS) is 12.6. The summed E-state index contributed by atoms with van der Waals surface area (Å²) in [6.07, 6.45) is -3.30. The number of benzene rings is 1. The number of amides is 1. The van der Waals surface area contributed by atoms with Gasteiger partial charge in [-0.1, -0.05) is 6.08 Å². The number of ether oxygens (including phenoxy) is 1. The second-order valence-electron chi connectivity index (χ2n) is 4.75. The third kappa shape index (κ3) is 4.89. The number of halogens is 4. The van der Waals surface area contributed by atoms with Gasteiger partial charge in [-0.05, 0) is 59.7 Å². The van der Waals surface area contributed by atoms with Crippen LogP contribution in [-0.2, 0) is 11.2 Å². The highest BCUT2D eigenvalue weighted by Gasteiger charge is 2.43. The van der Waals surface area contributed by atoms with Gasteiger partial charge >= 0.3 is 12.1 Å². The van der Waals surface area contributed by atoms with E-state index in [1.165, 1.54) is 13.2 Å². The molecule has 0 saturated heterocycles. The maximum absolute atomic E-state index is 12.7. The lowest BCUT2D eigenvalue weighted by Crippen LogP contribution is -2.46. The first-order chi connectivity index (χ1) is 10.2. The summed E-state index contributed by atoms with van der Waals surface area (Å²) in [4.78, 5) is 12.3. The van der Waals surface area contributed by atoms with Gasteiger partial charge in [0.05, 0.1) is 7.11 Å². The van der Waals surface area contributed by atoms with Gasteiger partial charge in [0.15, 0.2) is 0 Å². The van der Waals surface area contributed by atoms with Crippen LogP contribution in [0.25, 0.3) is 0 Å². The monoisotopic (exact) mass is 427 g/mol. The molecule has 22 heavy (non-hydrogen) atoms. The number of hydrogen-bond donors (Lipinski definition) is 0. The third-order valence-corrected chi connectivity index (χ3v) is 4.18. The van der Waals surface area contributed by atoms with Crippen LogP contribution in [-0.4, -0.2) is 36.7 Å². The zero-order valence-electron chi connectivity index (χ0n) is 12.3. The summed E-state index contributed by atoms with van der Waals surface area (Å²) < 4.78 is 44.0.